The van der Waals surface area contributed by atoms with Gasteiger partial charge in [0, 0.05) is 19.5 Å². The Morgan fingerprint density at radius 2 is 1.84 bits per heavy atom. The maximum Gasteiger partial charge on any atom is 0.241 e. The van der Waals surface area contributed by atoms with E-state index >= 15 is 0 Å². The molecular weight excluding hydrogens is 242 g/mol. The first-order chi connectivity index (χ1) is 8.79. The molecule has 110 valence electrons. The first-order valence-electron chi connectivity index (χ1n) is 7.03. The van der Waals surface area contributed by atoms with E-state index in [9.17, 15) is 9.59 Å². The Labute approximate surface area is 116 Å². The molecule has 1 rings (SSSR count). The second-order valence-electron chi connectivity index (χ2n) is 6.50. The van der Waals surface area contributed by atoms with E-state index in [-0.39, 0.29) is 23.8 Å². The van der Waals surface area contributed by atoms with Gasteiger partial charge in [-0.05, 0) is 31.3 Å². The first kappa shape index (κ1) is 16.0. The Balaban J connectivity index is 2.32. The van der Waals surface area contributed by atoms with Gasteiger partial charge < -0.3 is 15.5 Å². The number of carbonyl (C=O) groups is 2. The molecule has 0 aliphatic carbocycles. The zero-order chi connectivity index (χ0) is 14.5. The summed E-state index contributed by atoms with van der Waals surface area (Å²) in [5.74, 6) is -0.0614. The number of carbonyl (C=O) groups excluding carboxylic acids is 2. The van der Waals surface area contributed by atoms with Crippen LogP contribution in [0.2, 0.25) is 0 Å². The lowest BCUT2D eigenvalue weighted by Gasteiger charge is -2.31. The zero-order valence-corrected chi connectivity index (χ0v) is 12.6. The molecule has 0 aromatic heterocycles. The minimum Gasteiger partial charge on any atom is -0.347 e. The highest BCUT2D eigenvalue weighted by molar-refractivity contribution is 5.85. The molecule has 5 nitrogen and oxygen atoms in total. The van der Waals surface area contributed by atoms with Crippen LogP contribution in [0.25, 0.3) is 0 Å². The van der Waals surface area contributed by atoms with E-state index in [0.29, 0.717) is 12.5 Å². The van der Waals surface area contributed by atoms with Crippen LogP contribution in [-0.4, -0.2) is 49.4 Å². The number of piperidine rings is 1. The highest BCUT2D eigenvalue weighted by atomic mass is 16.2. The molecule has 1 aliphatic heterocycles. The fourth-order valence-electron chi connectivity index (χ4n) is 2.24. The van der Waals surface area contributed by atoms with Gasteiger partial charge in [-0.2, -0.15) is 0 Å². The molecule has 1 saturated heterocycles. The van der Waals surface area contributed by atoms with Crippen molar-refractivity contribution in [2.45, 2.75) is 46.1 Å². The minimum atomic E-state index is -0.0560. The third-order valence-electron chi connectivity index (χ3n) is 3.38. The summed E-state index contributed by atoms with van der Waals surface area (Å²) in [6.07, 6.45) is 2.41. The molecule has 0 aromatic rings. The predicted molar refractivity (Wildman–Crippen MR) is 75.7 cm³/mol. The molecule has 0 atom stereocenters. The van der Waals surface area contributed by atoms with E-state index in [2.05, 4.69) is 10.6 Å². The van der Waals surface area contributed by atoms with Crippen LogP contribution in [0, 0.1) is 5.41 Å². The van der Waals surface area contributed by atoms with Crippen molar-refractivity contribution in [1.82, 2.24) is 15.5 Å². The lowest BCUT2D eigenvalue weighted by Crippen LogP contribution is -2.47. The van der Waals surface area contributed by atoms with E-state index in [0.717, 1.165) is 25.9 Å². The average Bonchev–Trinajstić information content (AvgIpc) is 2.34. The van der Waals surface area contributed by atoms with Gasteiger partial charge in [0.25, 0.3) is 0 Å². The Morgan fingerprint density at radius 1 is 1.26 bits per heavy atom. The molecule has 1 heterocycles. The maximum atomic E-state index is 12.0. The SMILES string of the molecule is CN(C(=O)CNC(=O)CC(C)(C)C)C1CCNCC1. The normalized spacial score (nSPS) is 17.1. The molecule has 0 unspecified atom stereocenters. The van der Waals surface area contributed by atoms with Crippen LogP contribution in [0.5, 0.6) is 0 Å². The highest BCUT2D eigenvalue weighted by Gasteiger charge is 2.22. The monoisotopic (exact) mass is 269 g/mol. The summed E-state index contributed by atoms with van der Waals surface area (Å²) in [5, 5.41) is 5.99. The molecule has 1 fully saturated rings. The van der Waals surface area contributed by atoms with E-state index < -0.39 is 0 Å². The van der Waals surface area contributed by atoms with Crippen molar-refractivity contribution in [2.75, 3.05) is 26.7 Å². The second kappa shape index (κ2) is 6.89. The Kier molecular flexibility index (Phi) is 5.79. The summed E-state index contributed by atoms with van der Waals surface area (Å²) >= 11 is 0. The maximum absolute atomic E-state index is 12.0. The molecular formula is C14H27N3O2. The van der Waals surface area contributed by atoms with Gasteiger partial charge >= 0.3 is 0 Å². The van der Waals surface area contributed by atoms with E-state index in [1.807, 2.05) is 27.8 Å². The Bertz CT molecular complexity index is 317. The van der Waals surface area contributed by atoms with Gasteiger partial charge in [0.2, 0.25) is 11.8 Å². The molecule has 19 heavy (non-hydrogen) atoms. The van der Waals surface area contributed by atoms with Crippen molar-refractivity contribution >= 4 is 11.8 Å². The van der Waals surface area contributed by atoms with Crippen LogP contribution >= 0.6 is 0 Å². The van der Waals surface area contributed by atoms with Crippen LogP contribution in [-0.2, 0) is 9.59 Å². The van der Waals surface area contributed by atoms with Crippen LogP contribution in [0.4, 0.5) is 0 Å². The number of nitrogens with zero attached hydrogens (tertiary/aromatic N) is 1. The quantitative estimate of drug-likeness (QED) is 0.791. The molecule has 2 N–H and O–H groups in total. The summed E-state index contributed by atoms with van der Waals surface area (Å²) in [5.41, 5.74) is -0.0475. The third kappa shape index (κ3) is 6.05. The lowest BCUT2D eigenvalue weighted by atomic mass is 9.92. The number of nitrogens with one attached hydrogen (secondary N) is 2. The minimum absolute atomic E-state index is 0.00541. The molecule has 0 aromatic carbocycles. The van der Waals surface area contributed by atoms with Gasteiger partial charge in [-0.3, -0.25) is 9.59 Å². The van der Waals surface area contributed by atoms with Gasteiger partial charge in [0.05, 0.1) is 6.54 Å². The van der Waals surface area contributed by atoms with Crippen molar-refractivity contribution in [2.24, 2.45) is 5.41 Å². The average molecular weight is 269 g/mol. The summed E-state index contributed by atoms with van der Waals surface area (Å²) in [6.45, 7) is 8.05. The van der Waals surface area contributed by atoms with Crippen molar-refractivity contribution in [3.05, 3.63) is 0 Å². The van der Waals surface area contributed by atoms with Gasteiger partial charge in [0.15, 0.2) is 0 Å². The molecule has 5 heteroatoms. The van der Waals surface area contributed by atoms with Crippen molar-refractivity contribution in [3.8, 4) is 0 Å². The van der Waals surface area contributed by atoms with Crippen LogP contribution in [0.1, 0.15) is 40.0 Å². The fourth-order valence-corrected chi connectivity index (χ4v) is 2.24. The van der Waals surface area contributed by atoms with Gasteiger partial charge in [-0.25, -0.2) is 0 Å². The van der Waals surface area contributed by atoms with E-state index in [1.165, 1.54) is 0 Å². The summed E-state index contributed by atoms with van der Waals surface area (Å²) in [7, 11) is 1.83. The molecule has 0 saturated carbocycles. The third-order valence-corrected chi connectivity index (χ3v) is 3.38. The molecule has 1 aliphatic rings. The van der Waals surface area contributed by atoms with Crippen LogP contribution in [0.3, 0.4) is 0 Å². The predicted octanol–water partition coefficient (Wildman–Crippen LogP) is 0.749. The van der Waals surface area contributed by atoms with Crippen molar-refractivity contribution in [1.29, 1.82) is 0 Å². The highest BCUT2D eigenvalue weighted by Crippen LogP contribution is 2.17. The Hall–Kier alpha value is -1.10. The van der Waals surface area contributed by atoms with E-state index in [1.54, 1.807) is 4.90 Å². The fraction of sp³-hybridized carbons (Fsp3) is 0.857. The first-order valence-corrected chi connectivity index (χ1v) is 7.03. The smallest absolute Gasteiger partial charge is 0.241 e. The van der Waals surface area contributed by atoms with Crippen LogP contribution < -0.4 is 10.6 Å². The molecule has 0 bridgehead atoms. The molecule has 0 radical (unpaired) electrons. The summed E-state index contributed by atoms with van der Waals surface area (Å²) in [6, 6.07) is 0.299. The second-order valence-corrected chi connectivity index (χ2v) is 6.50. The number of likely N-dealkylation sites (N-methyl/N-ethyl adjacent to an activating group) is 1. The number of hydrogen-bond donors (Lipinski definition) is 2. The van der Waals surface area contributed by atoms with Crippen molar-refractivity contribution < 1.29 is 9.59 Å². The van der Waals surface area contributed by atoms with Crippen molar-refractivity contribution in [3.63, 3.8) is 0 Å². The Morgan fingerprint density at radius 3 is 2.37 bits per heavy atom. The van der Waals surface area contributed by atoms with Gasteiger partial charge in [0.1, 0.15) is 0 Å². The summed E-state index contributed by atoms with van der Waals surface area (Å²) in [4.78, 5) is 25.4. The lowest BCUT2D eigenvalue weighted by molar-refractivity contribution is -0.134. The number of rotatable bonds is 4. The topological polar surface area (TPSA) is 61.4 Å². The van der Waals surface area contributed by atoms with Gasteiger partial charge in [-0.1, -0.05) is 20.8 Å². The largest absolute Gasteiger partial charge is 0.347 e. The number of amides is 2. The van der Waals surface area contributed by atoms with E-state index in [4.69, 9.17) is 0 Å². The van der Waals surface area contributed by atoms with Crippen LogP contribution in [0.15, 0.2) is 0 Å². The molecule has 0 spiro atoms. The summed E-state index contributed by atoms with van der Waals surface area (Å²) < 4.78 is 0. The zero-order valence-electron chi connectivity index (χ0n) is 12.6. The number of hydrogen-bond acceptors (Lipinski definition) is 3. The standard InChI is InChI=1S/C14H27N3O2/c1-14(2,3)9-12(18)16-10-13(19)17(4)11-5-7-15-8-6-11/h11,15H,5-10H2,1-4H3,(H,16,18). The molecule has 2 amide bonds. The van der Waals surface area contributed by atoms with Gasteiger partial charge in [-0.15, -0.1) is 0 Å².